The minimum atomic E-state index is 0.530. The minimum Gasteiger partial charge on any atom is -0.422 e. The number of nitrogens with zero attached hydrogens (tertiary/aromatic N) is 1. The zero-order chi connectivity index (χ0) is 10.1. The summed E-state index contributed by atoms with van der Waals surface area (Å²) in [5, 5.41) is 2.86. The number of thiophene rings is 1. The SMILES string of the molecule is CNc1nc(C)c(-c2ccc(Cl)s2)o1. The van der Waals surface area contributed by atoms with Crippen LogP contribution in [0.1, 0.15) is 5.69 Å². The van der Waals surface area contributed by atoms with Crippen LogP contribution in [0.5, 0.6) is 0 Å². The standard InChI is InChI=1S/C9H9ClN2OS/c1-5-8(13-9(11-2)12-5)6-3-4-7(10)14-6/h3-4H,1-2H3,(H,11,12). The van der Waals surface area contributed by atoms with Gasteiger partial charge in [0.2, 0.25) is 0 Å². The maximum atomic E-state index is 5.84. The second kappa shape index (κ2) is 3.63. The highest BCUT2D eigenvalue weighted by molar-refractivity contribution is 7.19. The Morgan fingerprint density at radius 2 is 2.29 bits per heavy atom. The molecule has 0 saturated heterocycles. The molecule has 0 fully saturated rings. The van der Waals surface area contributed by atoms with Crippen molar-refractivity contribution in [3.05, 3.63) is 22.2 Å². The number of hydrogen-bond donors (Lipinski definition) is 1. The highest BCUT2D eigenvalue weighted by Gasteiger charge is 2.12. The van der Waals surface area contributed by atoms with E-state index in [-0.39, 0.29) is 0 Å². The molecule has 0 bridgehead atoms. The molecule has 0 amide bonds. The van der Waals surface area contributed by atoms with Gasteiger partial charge in [-0.15, -0.1) is 11.3 Å². The van der Waals surface area contributed by atoms with Gasteiger partial charge in [-0.25, -0.2) is 0 Å². The fraction of sp³-hybridized carbons (Fsp3) is 0.222. The van der Waals surface area contributed by atoms with Crippen LogP contribution in [0.3, 0.4) is 0 Å². The van der Waals surface area contributed by atoms with Gasteiger partial charge < -0.3 is 9.73 Å². The van der Waals surface area contributed by atoms with E-state index in [4.69, 9.17) is 16.0 Å². The Morgan fingerprint density at radius 3 is 2.79 bits per heavy atom. The molecule has 74 valence electrons. The molecule has 1 N–H and O–H groups in total. The second-order valence-corrected chi connectivity index (χ2v) is 4.50. The van der Waals surface area contributed by atoms with Gasteiger partial charge in [0, 0.05) is 7.05 Å². The smallest absolute Gasteiger partial charge is 0.295 e. The summed E-state index contributed by atoms with van der Waals surface area (Å²) in [6, 6.07) is 4.31. The first-order valence-corrected chi connectivity index (χ1v) is 5.31. The third-order valence-electron chi connectivity index (χ3n) is 1.81. The van der Waals surface area contributed by atoms with E-state index in [9.17, 15) is 0 Å². The van der Waals surface area contributed by atoms with E-state index < -0.39 is 0 Å². The van der Waals surface area contributed by atoms with Crippen LogP contribution >= 0.6 is 22.9 Å². The van der Waals surface area contributed by atoms with Gasteiger partial charge in [-0.1, -0.05) is 11.6 Å². The van der Waals surface area contributed by atoms with E-state index in [1.165, 1.54) is 11.3 Å². The normalized spacial score (nSPS) is 10.5. The first-order valence-electron chi connectivity index (χ1n) is 4.11. The number of hydrogen-bond acceptors (Lipinski definition) is 4. The van der Waals surface area contributed by atoms with Crippen LogP contribution in [0.2, 0.25) is 4.34 Å². The van der Waals surface area contributed by atoms with Crippen molar-refractivity contribution in [2.24, 2.45) is 0 Å². The van der Waals surface area contributed by atoms with E-state index in [2.05, 4.69) is 10.3 Å². The van der Waals surface area contributed by atoms with Crippen molar-refractivity contribution in [2.45, 2.75) is 6.92 Å². The zero-order valence-corrected chi connectivity index (χ0v) is 9.37. The summed E-state index contributed by atoms with van der Waals surface area (Å²) < 4.78 is 6.24. The van der Waals surface area contributed by atoms with Gasteiger partial charge >= 0.3 is 0 Å². The predicted octanol–water partition coefficient (Wildman–Crippen LogP) is 3.41. The quantitative estimate of drug-likeness (QED) is 0.856. The van der Waals surface area contributed by atoms with E-state index in [0.717, 1.165) is 20.7 Å². The summed E-state index contributed by atoms with van der Waals surface area (Å²) in [5.74, 6) is 0.784. The Labute approximate surface area is 90.7 Å². The predicted molar refractivity (Wildman–Crippen MR) is 59.1 cm³/mol. The molecular weight excluding hydrogens is 220 g/mol. The van der Waals surface area contributed by atoms with E-state index in [1.54, 1.807) is 7.05 Å². The Bertz CT molecular complexity index is 449. The van der Waals surface area contributed by atoms with Crippen molar-refractivity contribution in [1.82, 2.24) is 4.98 Å². The maximum Gasteiger partial charge on any atom is 0.295 e. The molecule has 0 saturated carbocycles. The van der Waals surface area contributed by atoms with Crippen molar-refractivity contribution in [3.63, 3.8) is 0 Å². The number of aromatic nitrogens is 1. The third kappa shape index (κ3) is 1.63. The molecule has 0 atom stereocenters. The Morgan fingerprint density at radius 1 is 1.50 bits per heavy atom. The summed E-state index contributed by atoms with van der Waals surface area (Å²) in [6.45, 7) is 1.91. The van der Waals surface area contributed by atoms with Crippen LogP contribution in [-0.2, 0) is 0 Å². The van der Waals surface area contributed by atoms with Gasteiger partial charge in [0.1, 0.15) is 0 Å². The number of oxazole rings is 1. The monoisotopic (exact) mass is 228 g/mol. The van der Waals surface area contributed by atoms with Crippen LogP contribution in [0.4, 0.5) is 6.01 Å². The first-order chi connectivity index (χ1) is 6.70. The summed E-state index contributed by atoms with van der Waals surface area (Å²) in [7, 11) is 1.77. The van der Waals surface area contributed by atoms with E-state index in [0.29, 0.717) is 6.01 Å². The number of rotatable bonds is 2. The van der Waals surface area contributed by atoms with Crippen LogP contribution in [-0.4, -0.2) is 12.0 Å². The Hall–Kier alpha value is -1.00. The molecule has 0 unspecified atom stereocenters. The van der Waals surface area contributed by atoms with Crippen molar-refractivity contribution >= 4 is 29.0 Å². The van der Waals surface area contributed by atoms with Crippen LogP contribution in [0, 0.1) is 6.92 Å². The average Bonchev–Trinajstić information content (AvgIpc) is 2.71. The fourth-order valence-corrected chi connectivity index (χ4v) is 2.24. The fourth-order valence-electron chi connectivity index (χ4n) is 1.17. The van der Waals surface area contributed by atoms with Gasteiger partial charge in [0.25, 0.3) is 6.01 Å². The summed E-state index contributed by atoms with van der Waals surface area (Å²) in [6.07, 6.45) is 0. The van der Waals surface area contributed by atoms with Crippen LogP contribution in [0.25, 0.3) is 10.6 Å². The number of nitrogens with one attached hydrogen (secondary N) is 1. The molecule has 5 heteroatoms. The molecule has 0 radical (unpaired) electrons. The molecule has 0 aliphatic rings. The van der Waals surface area contributed by atoms with E-state index in [1.807, 2.05) is 19.1 Å². The van der Waals surface area contributed by atoms with Gasteiger partial charge in [-0.05, 0) is 19.1 Å². The topological polar surface area (TPSA) is 38.1 Å². The van der Waals surface area contributed by atoms with Gasteiger partial charge in [0.15, 0.2) is 5.76 Å². The number of aryl methyl sites for hydroxylation is 1. The molecule has 0 spiro atoms. The largest absolute Gasteiger partial charge is 0.422 e. The highest BCUT2D eigenvalue weighted by Crippen LogP contribution is 2.34. The van der Waals surface area contributed by atoms with Gasteiger partial charge in [-0.3, -0.25) is 0 Å². The molecule has 3 nitrogen and oxygen atoms in total. The molecule has 2 aromatic heterocycles. The number of anilines is 1. The van der Waals surface area contributed by atoms with Gasteiger partial charge in [0.05, 0.1) is 14.9 Å². The first kappa shape index (κ1) is 9.55. The van der Waals surface area contributed by atoms with Crippen LogP contribution < -0.4 is 5.32 Å². The van der Waals surface area contributed by atoms with Crippen molar-refractivity contribution in [3.8, 4) is 10.6 Å². The zero-order valence-electron chi connectivity index (χ0n) is 7.80. The lowest BCUT2D eigenvalue weighted by molar-refractivity contribution is 0.590. The molecule has 2 heterocycles. The summed E-state index contributed by atoms with van der Waals surface area (Å²) in [5.41, 5.74) is 0.868. The molecule has 2 aromatic rings. The molecule has 0 aliphatic carbocycles. The highest BCUT2D eigenvalue weighted by atomic mass is 35.5. The van der Waals surface area contributed by atoms with Crippen LogP contribution in [0.15, 0.2) is 16.5 Å². The lowest BCUT2D eigenvalue weighted by Gasteiger charge is -1.90. The number of halogens is 1. The lowest BCUT2D eigenvalue weighted by Crippen LogP contribution is -1.85. The summed E-state index contributed by atoms with van der Waals surface area (Å²) in [4.78, 5) is 5.20. The molecule has 0 aromatic carbocycles. The molecule has 0 aliphatic heterocycles. The summed E-state index contributed by atoms with van der Waals surface area (Å²) >= 11 is 7.33. The minimum absolute atomic E-state index is 0.530. The molecule has 14 heavy (non-hydrogen) atoms. The Kier molecular flexibility index (Phi) is 2.48. The van der Waals surface area contributed by atoms with Crippen molar-refractivity contribution in [2.75, 3.05) is 12.4 Å². The lowest BCUT2D eigenvalue weighted by atomic mass is 10.3. The average molecular weight is 229 g/mol. The van der Waals surface area contributed by atoms with Crippen molar-refractivity contribution in [1.29, 1.82) is 0 Å². The van der Waals surface area contributed by atoms with Gasteiger partial charge in [-0.2, -0.15) is 4.98 Å². The maximum absolute atomic E-state index is 5.84. The van der Waals surface area contributed by atoms with Crippen molar-refractivity contribution < 1.29 is 4.42 Å². The third-order valence-corrected chi connectivity index (χ3v) is 3.04. The Balaban J connectivity index is 2.45. The molecule has 2 rings (SSSR count). The van der Waals surface area contributed by atoms with E-state index >= 15 is 0 Å². The second-order valence-electron chi connectivity index (χ2n) is 2.79. The molecular formula is C9H9ClN2OS.